The number of nitrogens with zero attached hydrogens (tertiary/aromatic N) is 2. The van der Waals surface area contributed by atoms with Gasteiger partial charge in [0.2, 0.25) is 0 Å². The third-order valence-corrected chi connectivity index (χ3v) is 9.20. The van der Waals surface area contributed by atoms with E-state index in [4.69, 9.17) is 0 Å². The molecule has 0 saturated heterocycles. The lowest BCUT2D eigenvalue weighted by Crippen LogP contribution is -2.15. The molecule has 0 fully saturated rings. The van der Waals surface area contributed by atoms with E-state index in [0.717, 1.165) is 29.2 Å². The molecule has 48 heavy (non-hydrogen) atoms. The summed E-state index contributed by atoms with van der Waals surface area (Å²) in [6, 6.07) is 58.6. The number of rotatable bonds is 7. The van der Waals surface area contributed by atoms with Gasteiger partial charge >= 0.3 is 0 Å². The fourth-order valence-corrected chi connectivity index (χ4v) is 6.91. The third-order valence-electron chi connectivity index (χ3n) is 9.20. The van der Waals surface area contributed by atoms with Crippen LogP contribution >= 0.6 is 0 Å². The van der Waals surface area contributed by atoms with Crippen LogP contribution in [0.4, 0.5) is 28.4 Å². The van der Waals surface area contributed by atoms with Crippen molar-refractivity contribution in [3.8, 4) is 0 Å². The standard InChI is InChI=1S/C46H36N2/c1-34-14-10-18-38-19-13-27-45(46(34)38)48(40-22-6-3-7-23-40)42-32-29-36(30-33-42)35-16-11-24-41(31-28-35)47(39-20-4-2-5-21-39)44-26-12-17-37-15-8-9-25-43(37)44/h2-15,17-33H,16H2,1H3. The van der Waals surface area contributed by atoms with E-state index in [9.17, 15) is 0 Å². The third kappa shape index (κ3) is 5.59. The molecule has 0 spiro atoms. The fourth-order valence-electron chi connectivity index (χ4n) is 6.91. The molecule has 0 amide bonds. The summed E-state index contributed by atoms with van der Waals surface area (Å²) in [6.07, 6.45) is 9.94. The lowest BCUT2D eigenvalue weighted by Gasteiger charge is -2.27. The van der Waals surface area contributed by atoms with Crippen LogP contribution in [0.15, 0.2) is 194 Å². The topological polar surface area (TPSA) is 6.48 Å². The zero-order valence-electron chi connectivity index (χ0n) is 27.0. The van der Waals surface area contributed by atoms with Crippen molar-refractivity contribution >= 4 is 55.6 Å². The minimum absolute atomic E-state index is 0.850. The Bertz CT molecular complexity index is 2300. The Morgan fingerprint density at radius 3 is 1.79 bits per heavy atom. The van der Waals surface area contributed by atoms with Gasteiger partial charge in [-0.15, -0.1) is 0 Å². The number of para-hydroxylation sites is 2. The van der Waals surface area contributed by atoms with E-state index in [1.165, 1.54) is 49.6 Å². The number of hydrogen-bond acceptors (Lipinski definition) is 2. The van der Waals surface area contributed by atoms with E-state index in [1.807, 2.05) is 0 Å². The Hall–Kier alpha value is -6.12. The molecule has 0 bridgehead atoms. The Labute approximate surface area is 282 Å². The molecule has 0 N–H and O–H groups in total. The maximum absolute atomic E-state index is 2.38. The molecule has 0 atom stereocenters. The van der Waals surface area contributed by atoms with Crippen molar-refractivity contribution in [2.24, 2.45) is 0 Å². The van der Waals surface area contributed by atoms with Crippen LogP contribution < -0.4 is 9.80 Å². The van der Waals surface area contributed by atoms with Gasteiger partial charge in [-0.05, 0) is 101 Å². The van der Waals surface area contributed by atoms with Crippen LogP contribution in [0.5, 0.6) is 0 Å². The Kier molecular flexibility index (Phi) is 7.90. The molecule has 7 aromatic carbocycles. The van der Waals surface area contributed by atoms with Crippen molar-refractivity contribution < 1.29 is 0 Å². The molecule has 0 unspecified atom stereocenters. The second-order valence-electron chi connectivity index (χ2n) is 12.2. The van der Waals surface area contributed by atoms with E-state index < -0.39 is 0 Å². The van der Waals surface area contributed by atoms with Gasteiger partial charge in [0.1, 0.15) is 0 Å². The van der Waals surface area contributed by atoms with E-state index in [0.29, 0.717) is 0 Å². The maximum atomic E-state index is 2.38. The normalized spacial score (nSPS) is 12.8. The van der Waals surface area contributed by atoms with Crippen LogP contribution in [-0.4, -0.2) is 0 Å². The van der Waals surface area contributed by atoms with Gasteiger partial charge in [-0.25, -0.2) is 0 Å². The lowest BCUT2D eigenvalue weighted by atomic mass is 10.0. The van der Waals surface area contributed by atoms with Gasteiger partial charge in [-0.2, -0.15) is 0 Å². The quantitative estimate of drug-likeness (QED) is 0.176. The lowest BCUT2D eigenvalue weighted by molar-refractivity contribution is 1.22. The van der Waals surface area contributed by atoms with Crippen LogP contribution in [0.25, 0.3) is 27.1 Å². The summed E-state index contributed by atoms with van der Waals surface area (Å²) in [6.45, 7) is 2.20. The Morgan fingerprint density at radius 1 is 0.458 bits per heavy atom. The highest BCUT2D eigenvalue weighted by molar-refractivity contribution is 6.01. The van der Waals surface area contributed by atoms with E-state index in [-0.39, 0.29) is 0 Å². The summed E-state index contributed by atoms with van der Waals surface area (Å²) < 4.78 is 0. The summed E-state index contributed by atoms with van der Waals surface area (Å²) in [4.78, 5) is 4.74. The highest BCUT2D eigenvalue weighted by Gasteiger charge is 2.18. The van der Waals surface area contributed by atoms with Crippen molar-refractivity contribution in [3.63, 3.8) is 0 Å². The summed E-state index contributed by atoms with van der Waals surface area (Å²) in [5, 5.41) is 4.98. The Balaban J connectivity index is 1.18. The number of aryl methyl sites for hydroxylation is 1. The second kappa shape index (κ2) is 12.9. The average Bonchev–Trinajstić information content (AvgIpc) is 3.40. The number of allylic oxidation sites excluding steroid dienone is 5. The maximum Gasteiger partial charge on any atom is 0.0542 e. The molecule has 7 aromatic rings. The summed E-state index contributed by atoms with van der Waals surface area (Å²) in [5.74, 6) is 0. The number of anilines is 5. The first kappa shape index (κ1) is 29.3. The monoisotopic (exact) mass is 616 g/mol. The van der Waals surface area contributed by atoms with Crippen molar-refractivity contribution in [2.75, 3.05) is 9.80 Å². The van der Waals surface area contributed by atoms with Crippen LogP contribution in [0.1, 0.15) is 17.5 Å². The van der Waals surface area contributed by atoms with Gasteiger partial charge in [0.05, 0.1) is 11.4 Å². The summed E-state index contributed by atoms with van der Waals surface area (Å²) in [7, 11) is 0. The predicted molar refractivity (Wildman–Crippen MR) is 206 cm³/mol. The van der Waals surface area contributed by atoms with E-state index in [1.54, 1.807) is 0 Å². The van der Waals surface area contributed by atoms with Crippen molar-refractivity contribution in [3.05, 3.63) is 205 Å². The largest absolute Gasteiger partial charge is 0.310 e. The smallest absolute Gasteiger partial charge is 0.0542 e. The SMILES string of the molecule is Cc1cccc2cccc(N(c3ccccc3)c3ccc(C4=CC=C(N(c5ccccc5)c5cccc6ccccc56)C=CC4)cc3)c12. The molecule has 0 saturated carbocycles. The first-order chi connectivity index (χ1) is 23.7. The Morgan fingerprint density at radius 2 is 1.04 bits per heavy atom. The molecule has 230 valence electrons. The van der Waals surface area contributed by atoms with E-state index in [2.05, 4.69) is 205 Å². The van der Waals surface area contributed by atoms with Crippen LogP contribution in [-0.2, 0) is 0 Å². The van der Waals surface area contributed by atoms with Gasteiger partial charge in [-0.3, -0.25) is 0 Å². The average molecular weight is 617 g/mol. The van der Waals surface area contributed by atoms with Gasteiger partial charge in [0.25, 0.3) is 0 Å². The minimum Gasteiger partial charge on any atom is -0.310 e. The molecule has 1 aliphatic rings. The highest BCUT2D eigenvalue weighted by atomic mass is 15.2. The molecule has 2 heteroatoms. The molecular weight excluding hydrogens is 581 g/mol. The first-order valence-electron chi connectivity index (χ1n) is 16.6. The van der Waals surface area contributed by atoms with Gasteiger partial charge in [0.15, 0.2) is 0 Å². The molecular formula is C46H36N2. The summed E-state index contributed by atoms with van der Waals surface area (Å²) in [5.41, 5.74) is 10.7. The fraction of sp³-hybridized carbons (Fsp3) is 0.0435. The number of hydrogen-bond donors (Lipinski definition) is 0. The number of benzene rings is 7. The van der Waals surface area contributed by atoms with Gasteiger partial charge < -0.3 is 9.80 Å². The minimum atomic E-state index is 0.850. The van der Waals surface area contributed by atoms with Gasteiger partial charge in [-0.1, -0.05) is 127 Å². The van der Waals surface area contributed by atoms with Crippen molar-refractivity contribution in [1.82, 2.24) is 0 Å². The van der Waals surface area contributed by atoms with Gasteiger partial charge in [0, 0.05) is 33.5 Å². The molecule has 1 aliphatic carbocycles. The molecule has 0 aromatic heterocycles. The van der Waals surface area contributed by atoms with Crippen LogP contribution in [0.2, 0.25) is 0 Å². The zero-order valence-corrected chi connectivity index (χ0v) is 27.0. The molecule has 0 aliphatic heterocycles. The molecule has 8 rings (SSSR count). The van der Waals surface area contributed by atoms with Crippen LogP contribution in [0.3, 0.4) is 0 Å². The number of fused-ring (bicyclic) bond motifs is 2. The van der Waals surface area contributed by atoms with Crippen molar-refractivity contribution in [2.45, 2.75) is 13.3 Å². The molecule has 0 radical (unpaired) electrons. The first-order valence-corrected chi connectivity index (χ1v) is 16.6. The predicted octanol–water partition coefficient (Wildman–Crippen LogP) is 12.8. The molecule has 2 nitrogen and oxygen atoms in total. The zero-order chi connectivity index (χ0) is 32.3. The second-order valence-corrected chi connectivity index (χ2v) is 12.2. The molecule has 0 heterocycles. The van der Waals surface area contributed by atoms with Crippen molar-refractivity contribution in [1.29, 1.82) is 0 Å². The highest BCUT2D eigenvalue weighted by Crippen LogP contribution is 2.41. The van der Waals surface area contributed by atoms with E-state index >= 15 is 0 Å². The summed E-state index contributed by atoms with van der Waals surface area (Å²) >= 11 is 0. The van der Waals surface area contributed by atoms with Crippen LogP contribution in [0, 0.1) is 6.92 Å².